The lowest BCUT2D eigenvalue weighted by molar-refractivity contribution is -0.0317. The van der Waals surface area contributed by atoms with Gasteiger partial charge in [0, 0.05) is 28.3 Å². The monoisotopic (exact) mass is 359 g/mol. The van der Waals surface area contributed by atoms with Gasteiger partial charge in [-0.2, -0.15) is 0 Å². The Morgan fingerprint density at radius 1 is 1.36 bits per heavy atom. The maximum absolute atomic E-state index is 12.6. The standard InChI is InChI=1S/C19H21NO4S/c1-19(2)13-4-3-11(21)7-12(13)17-15(22)5-10(6-16(17)24-19)18(23)14-8-25-9-20-14/h5-6,8-9,11-13,21-22H,3-4,7H2,1-2H3/t11-,12-,13-/m1/s1. The highest BCUT2D eigenvalue weighted by atomic mass is 32.1. The normalized spacial score (nSPS) is 27.1. The van der Waals surface area contributed by atoms with Crippen LogP contribution in [0.4, 0.5) is 0 Å². The summed E-state index contributed by atoms with van der Waals surface area (Å²) in [6.45, 7) is 4.08. The van der Waals surface area contributed by atoms with E-state index < -0.39 is 5.60 Å². The Balaban J connectivity index is 1.79. The molecule has 2 aromatic rings. The fourth-order valence-corrected chi connectivity index (χ4v) is 4.86. The number of rotatable bonds is 2. The van der Waals surface area contributed by atoms with Crippen LogP contribution in [0.15, 0.2) is 23.0 Å². The highest BCUT2D eigenvalue weighted by Gasteiger charge is 2.47. The lowest BCUT2D eigenvalue weighted by Crippen LogP contribution is -2.47. The summed E-state index contributed by atoms with van der Waals surface area (Å²) in [5.41, 5.74) is 2.65. The van der Waals surface area contributed by atoms with Gasteiger partial charge in [0.2, 0.25) is 5.78 Å². The smallest absolute Gasteiger partial charge is 0.212 e. The van der Waals surface area contributed by atoms with Crippen molar-refractivity contribution >= 4 is 17.1 Å². The quantitative estimate of drug-likeness (QED) is 0.803. The molecule has 3 atom stereocenters. The SMILES string of the molecule is CC1(C)Oc2cc(C(=O)c3cscn3)cc(O)c2[C@@H]2C[C@H](O)CC[C@H]21. The van der Waals surface area contributed by atoms with Gasteiger partial charge in [0.25, 0.3) is 0 Å². The zero-order chi connectivity index (χ0) is 17.8. The van der Waals surface area contributed by atoms with E-state index in [0.717, 1.165) is 18.4 Å². The van der Waals surface area contributed by atoms with Gasteiger partial charge in [0.05, 0.1) is 11.6 Å². The Bertz CT molecular complexity index is 815. The van der Waals surface area contributed by atoms with Gasteiger partial charge in [-0.1, -0.05) is 0 Å². The van der Waals surface area contributed by atoms with E-state index in [9.17, 15) is 15.0 Å². The van der Waals surface area contributed by atoms with Crippen molar-refractivity contribution in [2.75, 3.05) is 0 Å². The van der Waals surface area contributed by atoms with Crippen LogP contribution in [0, 0.1) is 5.92 Å². The zero-order valence-corrected chi connectivity index (χ0v) is 15.0. The summed E-state index contributed by atoms with van der Waals surface area (Å²) in [5, 5.41) is 22.5. The van der Waals surface area contributed by atoms with Crippen LogP contribution in [-0.4, -0.2) is 32.7 Å². The molecule has 0 saturated heterocycles. The second-order valence-corrected chi connectivity index (χ2v) is 8.21. The fourth-order valence-electron chi connectivity index (χ4n) is 4.33. The first-order chi connectivity index (χ1) is 11.9. The Morgan fingerprint density at radius 3 is 2.88 bits per heavy atom. The average Bonchev–Trinajstić information content (AvgIpc) is 3.06. The summed E-state index contributed by atoms with van der Waals surface area (Å²) in [6.07, 6.45) is 1.86. The maximum atomic E-state index is 12.6. The molecule has 5 nitrogen and oxygen atoms in total. The number of phenolic OH excluding ortho intramolecular Hbond substituents is 1. The number of aliphatic hydroxyl groups is 1. The molecule has 2 heterocycles. The zero-order valence-electron chi connectivity index (χ0n) is 14.2. The molecule has 1 fully saturated rings. The van der Waals surface area contributed by atoms with E-state index >= 15 is 0 Å². The molecular weight excluding hydrogens is 338 g/mol. The minimum atomic E-state index is -0.410. The molecule has 1 aromatic carbocycles. The number of aromatic nitrogens is 1. The third-order valence-corrected chi connectivity index (χ3v) is 6.09. The van der Waals surface area contributed by atoms with Gasteiger partial charge in [-0.15, -0.1) is 11.3 Å². The van der Waals surface area contributed by atoms with E-state index in [2.05, 4.69) is 4.98 Å². The lowest BCUT2D eigenvalue weighted by Gasteiger charge is -2.48. The van der Waals surface area contributed by atoms with Crippen LogP contribution in [0.3, 0.4) is 0 Å². The van der Waals surface area contributed by atoms with Crippen LogP contribution < -0.4 is 4.74 Å². The van der Waals surface area contributed by atoms with E-state index in [4.69, 9.17) is 4.74 Å². The number of carbonyl (C=O) groups excluding carboxylic acids is 1. The molecule has 0 radical (unpaired) electrons. The van der Waals surface area contributed by atoms with Crippen molar-refractivity contribution in [1.29, 1.82) is 0 Å². The summed E-state index contributed by atoms with van der Waals surface area (Å²) in [6, 6.07) is 3.20. The summed E-state index contributed by atoms with van der Waals surface area (Å²) < 4.78 is 6.20. The van der Waals surface area contributed by atoms with E-state index in [1.54, 1.807) is 17.0 Å². The molecule has 4 rings (SSSR count). The average molecular weight is 359 g/mol. The van der Waals surface area contributed by atoms with Gasteiger partial charge in [0.15, 0.2) is 0 Å². The van der Waals surface area contributed by atoms with Crippen molar-refractivity contribution in [2.45, 2.75) is 50.7 Å². The first-order valence-corrected chi connectivity index (χ1v) is 9.48. The number of phenols is 1. The van der Waals surface area contributed by atoms with Crippen molar-refractivity contribution in [1.82, 2.24) is 4.98 Å². The van der Waals surface area contributed by atoms with Crippen LogP contribution in [0.2, 0.25) is 0 Å². The summed E-state index contributed by atoms with van der Waals surface area (Å²) in [4.78, 5) is 16.6. The second-order valence-electron chi connectivity index (χ2n) is 7.50. The Kier molecular flexibility index (Phi) is 3.85. The van der Waals surface area contributed by atoms with E-state index in [0.29, 0.717) is 23.4 Å². The highest BCUT2D eigenvalue weighted by Crippen LogP contribution is 2.54. The van der Waals surface area contributed by atoms with Crippen LogP contribution in [0.25, 0.3) is 0 Å². The minimum absolute atomic E-state index is 0.0333. The van der Waals surface area contributed by atoms with Crippen LogP contribution in [0.1, 0.15) is 60.6 Å². The Morgan fingerprint density at radius 2 is 2.16 bits per heavy atom. The first kappa shape index (κ1) is 16.5. The van der Waals surface area contributed by atoms with E-state index in [-0.39, 0.29) is 29.5 Å². The number of fused-ring (bicyclic) bond motifs is 3. The maximum Gasteiger partial charge on any atom is 0.212 e. The van der Waals surface area contributed by atoms with Gasteiger partial charge in [-0.25, -0.2) is 4.98 Å². The van der Waals surface area contributed by atoms with Crippen LogP contribution in [0.5, 0.6) is 11.5 Å². The molecule has 0 spiro atoms. The van der Waals surface area contributed by atoms with Crippen molar-refractivity contribution in [3.63, 3.8) is 0 Å². The summed E-state index contributed by atoms with van der Waals surface area (Å²) >= 11 is 1.36. The number of thiazole rings is 1. The number of ketones is 1. The Labute approximate surface area is 150 Å². The number of benzene rings is 1. The van der Waals surface area contributed by atoms with Crippen molar-refractivity contribution in [3.05, 3.63) is 39.8 Å². The molecular formula is C19H21NO4S. The first-order valence-electron chi connectivity index (χ1n) is 8.53. The molecule has 1 aromatic heterocycles. The lowest BCUT2D eigenvalue weighted by atomic mass is 9.66. The van der Waals surface area contributed by atoms with Gasteiger partial charge in [-0.3, -0.25) is 4.79 Å². The molecule has 25 heavy (non-hydrogen) atoms. The van der Waals surface area contributed by atoms with Crippen molar-refractivity contribution in [2.24, 2.45) is 5.92 Å². The third-order valence-electron chi connectivity index (χ3n) is 5.51. The third kappa shape index (κ3) is 2.73. The van der Waals surface area contributed by atoms with E-state index in [1.165, 1.54) is 17.4 Å². The molecule has 6 heteroatoms. The minimum Gasteiger partial charge on any atom is -0.507 e. The van der Waals surface area contributed by atoms with Crippen molar-refractivity contribution < 1.29 is 19.7 Å². The van der Waals surface area contributed by atoms with Gasteiger partial charge < -0.3 is 14.9 Å². The molecule has 132 valence electrons. The largest absolute Gasteiger partial charge is 0.507 e. The Hall–Kier alpha value is -1.92. The number of hydrogen-bond donors (Lipinski definition) is 2. The number of aromatic hydroxyl groups is 1. The molecule has 1 aliphatic carbocycles. The van der Waals surface area contributed by atoms with E-state index in [1.807, 2.05) is 13.8 Å². The van der Waals surface area contributed by atoms with Crippen molar-refractivity contribution in [3.8, 4) is 11.5 Å². The predicted octanol–water partition coefficient (Wildman–Crippen LogP) is 3.50. The molecule has 0 bridgehead atoms. The number of nitrogens with zero attached hydrogens (tertiary/aromatic N) is 1. The van der Waals surface area contributed by atoms with Gasteiger partial charge in [-0.05, 0) is 45.2 Å². The number of aliphatic hydroxyl groups excluding tert-OH is 1. The molecule has 0 unspecified atom stereocenters. The second kappa shape index (κ2) is 5.81. The molecule has 2 aliphatic rings. The number of ether oxygens (including phenoxy) is 1. The molecule has 0 amide bonds. The van der Waals surface area contributed by atoms with Gasteiger partial charge >= 0.3 is 0 Å². The van der Waals surface area contributed by atoms with Gasteiger partial charge in [0.1, 0.15) is 22.8 Å². The summed E-state index contributed by atoms with van der Waals surface area (Å²) in [5.74, 6) is 0.640. The molecule has 1 aliphatic heterocycles. The number of carbonyl (C=O) groups is 1. The predicted molar refractivity (Wildman–Crippen MR) is 94.4 cm³/mol. The fraction of sp³-hybridized carbons (Fsp3) is 0.474. The number of hydrogen-bond acceptors (Lipinski definition) is 6. The molecule has 2 N–H and O–H groups in total. The summed E-state index contributed by atoms with van der Waals surface area (Å²) in [7, 11) is 0. The van der Waals surface area contributed by atoms with Crippen LogP contribution >= 0.6 is 11.3 Å². The highest BCUT2D eigenvalue weighted by molar-refractivity contribution is 7.07. The molecule has 1 saturated carbocycles. The van der Waals surface area contributed by atoms with Crippen LogP contribution in [-0.2, 0) is 0 Å². The topological polar surface area (TPSA) is 79.7 Å².